The van der Waals surface area contributed by atoms with Crippen molar-refractivity contribution in [3.05, 3.63) is 66.2 Å². The van der Waals surface area contributed by atoms with Gasteiger partial charge in [0, 0.05) is 65.3 Å². The minimum Gasteiger partial charge on any atom is -0.355 e. The van der Waals surface area contributed by atoms with E-state index in [0.29, 0.717) is 31.0 Å². The molecule has 1 amide bonds. The van der Waals surface area contributed by atoms with Crippen LogP contribution in [0.4, 0.5) is 0 Å². The van der Waals surface area contributed by atoms with Crippen LogP contribution >= 0.6 is 0 Å². The number of nitrogens with zero attached hydrogens (tertiary/aromatic N) is 3. The van der Waals surface area contributed by atoms with E-state index in [1.807, 2.05) is 6.07 Å². The third-order valence-electron chi connectivity index (χ3n) is 6.89. The Hall–Kier alpha value is -2.26. The summed E-state index contributed by atoms with van der Waals surface area (Å²) in [5.74, 6) is 0.316. The Balaban J connectivity index is 1.10. The molecule has 0 aromatic heterocycles. The van der Waals surface area contributed by atoms with Crippen LogP contribution in [0, 0.1) is 5.92 Å². The molecule has 8 heteroatoms. The second-order valence-electron chi connectivity index (χ2n) is 9.32. The molecule has 0 radical (unpaired) electrons. The van der Waals surface area contributed by atoms with Crippen molar-refractivity contribution in [1.82, 2.24) is 19.4 Å². The van der Waals surface area contributed by atoms with Gasteiger partial charge in [0.05, 0.1) is 4.90 Å². The molecule has 2 saturated heterocycles. The van der Waals surface area contributed by atoms with Crippen molar-refractivity contribution in [3.63, 3.8) is 0 Å². The quantitative estimate of drug-likeness (QED) is 0.592. The van der Waals surface area contributed by atoms with Gasteiger partial charge in [0.2, 0.25) is 15.9 Å². The maximum absolute atomic E-state index is 12.8. The highest BCUT2D eigenvalue weighted by atomic mass is 32.2. The van der Waals surface area contributed by atoms with E-state index in [4.69, 9.17) is 0 Å². The first-order chi connectivity index (χ1) is 16.5. The topological polar surface area (TPSA) is 73.0 Å². The van der Waals surface area contributed by atoms with Gasteiger partial charge in [-0.05, 0) is 36.5 Å². The molecule has 2 aromatic carbocycles. The Morgan fingerprint density at radius 1 is 0.824 bits per heavy atom. The molecule has 2 aliphatic rings. The molecule has 0 spiro atoms. The molecule has 184 valence electrons. The highest BCUT2D eigenvalue weighted by Crippen LogP contribution is 2.25. The average molecular weight is 485 g/mol. The van der Waals surface area contributed by atoms with E-state index in [1.165, 1.54) is 5.56 Å². The van der Waals surface area contributed by atoms with Gasteiger partial charge in [-0.3, -0.25) is 14.6 Å². The number of sulfonamides is 1. The van der Waals surface area contributed by atoms with Crippen molar-refractivity contribution in [1.29, 1.82) is 0 Å². The van der Waals surface area contributed by atoms with Crippen LogP contribution in [-0.2, 0) is 21.4 Å². The van der Waals surface area contributed by atoms with Crippen LogP contribution in [0.3, 0.4) is 0 Å². The van der Waals surface area contributed by atoms with E-state index in [9.17, 15) is 13.2 Å². The highest BCUT2D eigenvalue weighted by molar-refractivity contribution is 7.89. The highest BCUT2D eigenvalue weighted by Gasteiger charge is 2.30. The summed E-state index contributed by atoms with van der Waals surface area (Å²) in [5, 5.41) is 3.07. The molecule has 7 nitrogen and oxygen atoms in total. The number of nitrogens with one attached hydrogen (secondary N) is 1. The fourth-order valence-corrected chi connectivity index (χ4v) is 6.29. The summed E-state index contributed by atoms with van der Waals surface area (Å²) in [6.07, 6.45) is 1.93. The number of rotatable bonds is 9. The summed E-state index contributed by atoms with van der Waals surface area (Å²) >= 11 is 0. The molecule has 2 fully saturated rings. The van der Waals surface area contributed by atoms with Gasteiger partial charge in [0.15, 0.2) is 0 Å². The maximum Gasteiger partial charge on any atom is 0.243 e. The van der Waals surface area contributed by atoms with Gasteiger partial charge in [-0.1, -0.05) is 48.5 Å². The number of carbonyl (C=O) groups is 1. The Morgan fingerprint density at radius 2 is 1.41 bits per heavy atom. The van der Waals surface area contributed by atoms with Crippen LogP contribution in [0.2, 0.25) is 0 Å². The largest absolute Gasteiger partial charge is 0.355 e. The SMILES string of the molecule is O=C(CC1CCN(S(=O)(=O)c2ccccc2)CC1)NCCN1CCN(Cc2ccccc2)CC1. The zero-order valence-corrected chi connectivity index (χ0v) is 20.6. The van der Waals surface area contributed by atoms with E-state index in [1.54, 1.807) is 28.6 Å². The van der Waals surface area contributed by atoms with Crippen molar-refractivity contribution >= 4 is 15.9 Å². The van der Waals surface area contributed by atoms with Crippen LogP contribution < -0.4 is 5.32 Å². The van der Waals surface area contributed by atoms with Gasteiger partial charge in [0.25, 0.3) is 0 Å². The first-order valence-corrected chi connectivity index (χ1v) is 13.8. The predicted molar refractivity (Wildman–Crippen MR) is 134 cm³/mol. The Morgan fingerprint density at radius 3 is 2.06 bits per heavy atom. The normalized spacial score (nSPS) is 19.2. The zero-order chi connectivity index (χ0) is 23.8. The lowest BCUT2D eigenvalue weighted by Crippen LogP contribution is -2.48. The minimum atomic E-state index is -3.44. The number of hydrogen-bond donors (Lipinski definition) is 1. The molecule has 0 bridgehead atoms. The lowest BCUT2D eigenvalue weighted by atomic mass is 9.94. The van der Waals surface area contributed by atoms with E-state index in [0.717, 1.165) is 52.1 Å². The standard InChI is InChI=1S/C26H36N4O3S/c31-26(21-23-11-14-30(15-12-23)34(32,33)25-9-5-2-6-10-25)27-13-16-28-17-19-29(20-18-28)22-24-7-3-1-4-8-24/h1-10,23H,11-22H2,(H,27,31). The predicted octanol–water partition coefficient (Wildman–Crippen LogP) is 2.41. The molecule has 0 unspecified atom stereocenters. The molecule has 2 heterocycles. The number of benzene rings is 2. The lowest BCUT2D eigenvalue weighted by Gasteiger charge is -2.34. The molecular formula is C26H36N4O3S. The summed E-state index contributed by atoms with van der Waals surface area (Å²) < 4.78 is 27.1. The Kier molecular flexibility index (Phi) is 8.72. The van der Waals surface area contributed by atoms with Crippen molar-refractivity contribution in [2.24, 2.45) is 5.92 Å². The summed E-state index contributed by atoms with van der Waals surface area (Å²) in [5.41, 5.74) is 1.35. The van der Waals surface area contributed by atoms with Crippen LogP contribution in [0.15, 0.2) is 65.6 Å². The van der Waals surface area contributed by atoms with Crippen molar-refractivity contribution in [2.75, 3.05) is 52.4 Å². The van der Waals surface area contributed by atoms with Crippen molar-refractivity contribution in [2.45, 2.75) is 30.7 Å². The second kappa shape index (κ2) is 11.9. The molecule has 2 aromatic rings. The van der Waals surface area contributed by atoms with Crippen LogP contribution in [0.5, 0.6) is 0 Å². The monoisotopic (exact) mass is 484 g/mol. The van der Waals surface area contributed by atoms with Crippen molar-refractivity contribution in [3.8, 4) is 0 Å². The maximum atomic E-state index is 12.8. The number of amides is 1. The third kappa shape index (κ3) is 6.88. The minimum absolute atomic E-state index is 0.0760. The molecule has 1 N–H and O–H groups in total. The molecular weight excluding hydrogens is 448 g/mol. The second-order valence-corrected chi connectivity index (χ2v) is 11.3. The van der Waals surface area contributed by atoms with Crippen molar-refractivity contribution < 1.29 is 13.2 Å². The van der Waals surface area contributed by atoms with Gasteiger partial charge in [-0.15, -0.1) is 0 Å². The lowest BCUT2D eigenvalue weighted by molar-refractivity contribution is -0.122. The number of hydrogen-bond acceptors (Lipinski definition) is 5. The number of piperidine rings is 1. The number of piperazine rings is 1. The van der Waals surface area contributed by atoms with E-state index in [2.05, 4.69) is 45.4 Å². The summed E-state index contributed by atoms with van der Waals surface area (Å²) in [4.78, 5) is 17.7. The van der Waals surface area contributed by atoms with Crippen LogP contribution in [-0.4, -0.2) is 80.8 Å². The van der Waals surface area contributed by atoms with Gasteiger partial charge in [-0.2, -0.15) is 4.31 Å². The fraction of sp³-hybridized carbons (Fsp3) is 0.500. The smallest absolute Gasteiger partial charge is 0.243 e. The van der Waals surface area contributed by atoms with E-state index < -0.39 is 10.0 Å². The fourth-order valence-electron chi connectivity index (χ4n) is 4.80. The van der Waals surface area contributed by atoms with Gasteiger partial charge in [0.1, 0.15) is 0 Å². The van der Waals surface area contributed by atoms with Gasteiger partial charge < -0.3 is 5.32 Å². The average Bonchev–Trinajstić information content (AvgIpc) is 2.87. The van der Waals surface area contributed by atoms with E-state index >= 15 is 0 Å². The molecule has 0 aliphatic carbocycles. The summed E-state index contributed by atoms with van der Waals surface area (Å²) in [7, 11) is -3.44. The molecule has 0 saturated carbocycles. The van der Waals surface area contributed by atoms with E-state index in [-0.39, 0.29) is 11.8 Å². The van der Waals surface area contributed by atoms with Crippen LogP contribution in [0.25, 0.3) is 0 Å². The van der Waals surface area contributed by atoms with Gasteiger partial charge in [-0.25, -0.2) is 8.42 Å². The van der Waals surface area contributed by atoms with Gasteiger partial charge >= 0.3 is 0 Å². The molecule has 2 aliphatic heterocycles. The first-order valence-electron chi connectivity index (χ1n) is 12.3. The summed E-state index contributed by atoms with van der Waals surface area (Å²) in [6.45, 7) is 7.63. The summed E-state index contributed by atoms with van der Waals surface area (Å²) in [6, 6.07) is 19.2. The molecule has 4 rings (SSSR count). The first kappa shape index (κ1) is 24.9. The Labute approximate surface area is 203 Å². The number of carbonyl (C=O) groups excluding carboxylic acids is 1. The zero-order valence-electron chi connectivity index (χ0n) is 19.8. The third-order valence-corrected chi connectivity index (χ3v) is 8.81. The van der Waals surface area contributed by atoms with Crippen LogP contribution in [0.1, 0.15) is 24.8 Å². The Bertz CT molecular complexity index is 1000. The molecule has 34 heavy (non-hydrogen) atoms. The molecule has 0 atom stereocenters.